The summed E-state index contributed by atoms with van der Waals surface area (Å²) in [6.45, 7) is 9.28. The van der Waals surface area contributed by atoms with Crippen LogP contribution in [0.5, 0.6) is 0 Å². The second kappa shape index (κ2) is 11.5. The number of hydrogen-bond acceptors (Lipinski definition) is 4. The second-order valence-corrected chi connectivity index (χ2v) is 13.7. The number of unbranched alkanes of at least 4 members (excludes halogenated alkanes) is 2. The largest absolute Gasteiger partial charge is 0.393 e. The minimum Gasteiger partial charge on any atom is -0.393 e. The van der Waals surface area contributed by atoms with Crippen molar-refractivity contribution in [3.8, 4) is 0 Å². The first kappa shape index (κ1) is 28.8. The molecule has 208 valence electrons. The Hall–Kier alpha value is -1.23. The zero-order valence-electron chi connectivity index (χ0n) is 23.8. The molecule has 0 aromatic carbocycles. The van der Waals surface area contributed by atoms with Gasteiger partial charge in [0.2, 0.25) is 0 Å². The molecule has 0 saturated heterocycles. The maximum Gasteiger partial charge on any atom is 0.141 e. The SMILES string of the molecule is CCCCCC(=O)C1([C@@H](O)/C=C/C(C)(C)[C@H]2CC[C@H]3/C(=C/C=C4C[C@@H](O)C[C@H](O)C4)CCC[C@]23C)CC1. The van der Waals surface area contributed by atoms with Crippen LogP contribution in [0.1, 0.15) is 118 Å². The van der Waals surface area contributed by atoms with Crippen LogP contribution in [0, 0.1) is 28.1 Å². The van der Waals surface area contributed by atoms with Crippen molar-refractivity contribution in [3.05, 3.63) is 35.5 Å². The van der Waals surface area contributed by atoms with Crippen molar-refractivity contribution < 1.29 is 20.1 Å². The number of allylic oxidation sites excluding steroid dienone is 4. The van der Waals surface area contributed by atoms with E-state index in [-0.39, 0.29) is 16.6 Å². The maximum absolute atomic E-state index is 12.9. The Labute approximate surface area is 225 Å². The van der Waals surface area contributed by atoms with Gasteiger partial charge >= 0.3 is 0 Å². The fourth-order valence-corrected chi connectivity index (χ4v) is 8.29. The maximum atomic E-state index is 12.9. The minimum absolute atomic E-state index is 0.0513. The fraction of sp³-hybridized carbons (Fsp3) is 0.788. The average molecular weight is 513 g/mol. The van der Waals surface area contributed by atoms with E-state index in [0.717, 1.165) is 44.1 Å². The molecule has 4 fully saturated rings. The predicted molar refractivity (Wildman–Crippen MR) is 150 cm³/mol. The van der Waals surface area contributed by atoms with Crippen molar-refractivity contribution in [2.45, 2.75) is 136 Å². The fourth-order valence-electron chi connectivity index (χ4n) is 8.29. The lowest BCUT2D eigenvalue weighted by Gasteiger charge is -2.47. The van der Waals surface area contributed by atoms with Gasteiger partial charge in [0, 0.05) is 6.42 Å². The first-order valence-electron chi connectivity index (χ1n) is 15.2. The van der Waals surface area contributed by atoms with Gasteiger partial charge in [-0.1, -0.05) is 76.0 Å². The number of aliphatic hydroxyl groups excluding tert-OH is 3. The molecule has 37 heavy (non-hydrogen) atoms. The number of aliphatic hydroxyl groups is 3. The Morgan fingerprint density at radius 2 is 1.78 bits per heavy atom. The molecule has 0 heterocycles. The molecule has 6 atom stereocenters. The van der Waals surface area contributed by atoms with Gasteiger partial charge in [-0.15, -0.1) is 0 Å². The Balaban J connectivity index is 1.44. The van der Waals surface area contributed by atoms with Gasteiger partial charge in [0.1, 0.15) is 5.78 Å². The zero-order chi connectivity index (χ0) is 26.8. The molecule has 0 aromatic rings. The molecule has 0 aliphatic heterocycles. The number of rotatable bonds is 10. The van der Waals surface area contributed by atoms with E-state index in [1.165, 1.54) is 31.3 Å². The Morgan fingerprint density at radius 3 is 2.43 bits per heavy atom. The van der Waals surface area contributed by atoms with Crippen LogP contribution in [-0.4, -0.2) is 39.4 Å². The molecule has 3 N–H and O–H groups in total. The lowest BCUT2D eigenvalue weighted by Crippen LogP contribution is -2.39. The van der Waals surface area contributed by atoms with E-state index in [1.807, 2.05) is 6.08 Å². The van der Waals surface area contributed by atoms with Crippen molar-refractivity contribution >= 4 is 5.78 Å². The van der Waals surface area contributed by atoms with Crippen LogP contribution < -0.4 is 0 Å². The molecular weight excluding hydrogens is 460 g/mol. The molecule has 4 rings (SSSR count). The highest BCUT2D eigenvalue weighted by Gasteiger charge is 2.55. The summed E-state index contributed by atoms with van der Waals surface area (Å²) < 4.78 is 0. The van der Waals surface area contributed by atoms with Gasteiger partial charge in [-0.25, -0.2) is 0 Å². The molecule has 4 nitrogen and oxygen atoms in total. The van der Waals surface area contributed by atoms with E-state index in [0.29, 0.717) is 37.5 Å². The van der Waals surface area contributed by atoms with Crippen LogP contribution in [0.4, 0.5) is 0 Å². The summed E-state index contributed by atoms with van der Waals surface area (Å²) in [5.41, 5.74) is 2.35. The Bertz CT molecular complexity index is 895. The van der Waals surface area contributed by atoms with Crippen LogP contribution in [-0.2, 0) is 4.79 Å². The summed E-state index contributed by atoms with van der Waals surface area (Å²) in [4.78, 5) is 12.9. The van der Waals surface area contributed by atoms with Crippen LogP contribution in [0.25, 0.3) is 0 Å². The molecule has 0 radical (unpaired) electrons. The number of carbonyl (C=O) groups is 1. The van der Waals surface area contributed by atoms with Gasteiger partial charge in [-0.2, -0.15) is 0 Å². The van der Waals surface area contributed by atoms with E-state index in [9.17, 15) is 20.1 Å². The van der Waals surface area contributed by atoms with Gasteiger partial charge in [-0.05, 0) is 93.3 Å². The smallest absolute Gasteiger partial charge is 0.141 e. The number of fused-ring (bicyclic) bond motifs is 1. The summed E-state index contributed by atoms with van der Waals surface area (Å²) >= 11 is 0. The van der Waals surface area contributed by atoms with Crippen LogP contribution in [0.15, 0.2) is 35.5 Å². The monoisotopic (exact) mass is 512 g/mol. The van der Waals surface area contributed by atoms with Gasteiger partial charge in [0.15, 0.2) is 0 Å². The summed E-state index contributed by atoms with van der Waals surface area (Å²) in [7, 11) is 0. The Morgan fingerprint density at radius 1 is 1.08 bits per heavy atom. The van der Waals surface area contributed by atoms with E-state index in [2.05, 4.69) is 45.9 Å². The topological polar surface area (TPSA) is 77.8 Å². The number of carbonyl (C=O) groups excluding carboxylic acids is 1. The summed E-state index contributed by atoms with van der Waals surface area (Å²) in [5, 5.41) is 31.2. The number of Topliss-reactive ketones (excluding diaryl/α,β-unsaturated/α-hetero) is 1. The zero-order valence-corrected chi connectivity index (χ0v) is 23.8. The van der Waals surface area contributed by atoms with E-state index in [1.54, 1.807) is 0 Å². The highest BCUT2D eigenvalue weighted by atomic mass is 16.3. The molecule has 0 unspecified atom stereocenters. The van der Waals surface area contributed by atoms with Crippen LogP contribution >= 0.6 is 0 Å². The molecule has 0 aromatic heterocycles. The van der Waals surface area contributed by atoms with Gasteiger partial charge in [0.05, 0.1) is 23.7 Å². The lowest BCUT2D eigenvalue weighted by molar-refractivity contribution is -0.127. The van der Waals surface area contributed by atoms with Crippen molar-refractivity contribution in [2.75, 3.05) is 0 Å². The second-order valence-electron chi connectivity index (χ2n) is 13.7. The van der Waals surface area contributed by atoms with Gasteiger partial charge in [-0.3, -0.25) is 4.79 Å². The lowest BCUT2D eigenvalue weighted by atomic mass is 9.57. The minimum atomic E-state index is -0.666. The molecule has 4 heteroatoms. The quantitative estimate of drug-likeness (QED) is 0.221. The first-order chi connectivity index (χ1) is 17.5. The predicted octanol–water partition coefficient (Wildman–Crippen LogP) is 6.83. The molecular formula is C33H52O4. The molecule has 0 spiro atoms. The van der Waals surface area contributed by atoms with Gasteiger partial charge < -0.3 is 15.3 Å². The van der Waals surface area contributed by atoms with E-state index in [4.69, 9.17) is 0 Å². The van der Waals surface area contributed by atoms with Crippen molar-refractivity contribution in [1.82, 2.24) is 0 Å². The first-order valence-corrected chi connectivity index (χ1v) is 15.2. The third-order valence-electron chi connectivity index (χ3n) is 10.6. The summed E-state index contributed by atoms with van der Waals surface area (Å²) in [6, 6.07) is 0. The highest BCUT2D eigenvalue weighted by Crippen LogP contribution is 2.62. The van der Waals surface area contributed by atoms with Crippen molar-refractivity contribution in [1.29, 1.82) is 0 Å². The molecule has 0 amide bonds. The highest BCUT2D eigenvalue weighted by molar-refractivity contribution is 5.88. The van der Waals surface area contributed by atoms with Crippen LogP contribution in [0.2, 0.25) is 0 Å². The van der Waals surface area contributed by atoms with Crippen LogP contribution in [0.3, 0.4) is 0 Å². The van der Waals surface area contributed by atoms with E-state index >= 15 is 0 Å². The van der Waals surface area contributed by atoms with Crippen molar-refractivity contribution in [2.24, 2.45) is 28.1 Å². The summed E-state index contributed by atoms with van der Waals surface area (Å²) in [6.07, 6.45) is 20.4. The number of ketones is 1. The molecule has 4 saturated carbocycles. The molecule has 4 aliphatic rings. The standard InChI is InChI=1S/C33H52O4/c1-5-6-7-10-29(36)33(18-19-33)30(37)15-17-31(2,3)28-14-13-27-24(9-8-16-32(27,28)4)12-11-23-20-25(34)22-26(35)21-23/h11-12,15,17,25-28,30,34-35,37H,5-10,13-14,16,18-22H2,1-4H3/b17-15+,24-12+/t25-,26-,27+,28-,30+,32+/m1/s1. The van der Waals surface area contributed by atoms with Crippen molar-refractivity contribution in [3.63, 3.8) is 0 Å². The Kier molecular flexibility index (Phi) is 8.93. The molecule has 0 bridgehead atoms. The third-order valence-corrected chi connectivity index (χ3v) is 10.6. The number of hydrogen-bond donors (Lipinski definition) is 3. The normalized spacial score (nSPS) is 35.5. The average Bonchev–Trinajstić information content (AvgIpc) is 3.56. The summed E-state index contributed by atoms with van der Waals surface area (Å²) in [5.74, 6) is 1.35. The molecule has 4 aliphatic carbocycles. The van der Waals surface area contributed by atoms with Gasteiger partial charge in [0.25, 0.3) is 0 Å². The van der Waals surface area contributed by atoms with E-state index < -0.39 is 23.7 Å². The third kappa shape index (κ3) is 6.17.